The molecule has 17 heavy (non-hydrogen) atoms. The minimum Gasteiger partial charge on any atom is -0.385 e. The summed E-state index contributed by atoms with van der Waals surface area (Å²) in [4.78, 5) is 8.92. The predicted octanol–water partition coefficient (Wildman–Crippen LogP) is 2.75. The molecule has 0 aliphatic rings. The third kappa shape index (κ3) is 5.13. The van der Waals surface area contributed by atoms with E-state index in [1.807, 2.05) is 13.0 Å². The van der Waals surface area contributed by atoms with Crippen LogP contribution in [0.25, 0.3) is 0 Å². The molecule has 0 saturated heterocycles. The highest BCUT2D eigenvalue weighted by Crippen LogP contribution is 2.13. The van der Waals surface area contributed by atoms with Gasteiger partial charge in [-0.05, 0) is 19.8 Å². The summed E-state index contributed by atoms with van der Waals surface area (Å²) in [6.45, 7) is 7.97. The molecule has 0 bridgehead atoms. The predicted molar refractivity (Wildman–Crippen MR) is 70.5 cm³/mol. The number of hydrogen-bond acceptors (Lipinski definition) is 4. The first-order chi connectivity index (χ1) is 8.13. The summed E-state index contributed by atoms with van der Waals surface area (Å²) in [6, 6.07) is 1.99. The molecule has 0 aromatic carbocycles. The lowest BCUT2D eigenvalue weighted by Gasteiger charge is -2.10. The molecule has 0 spiro atoms. The van der Waals surface area contributed by atoms with Crippen LogP contribution in [0.4, 0.5) is 5.82 Å². The van der Waals surface area contributed by atoms with E-state index in [1.165, 1.54) is 0 Å². The van der Waals surface area contributed by atoms with Crippen molar-refractivity contribution in [2.75, 3.05) is 25.6 Å². The molecular formula is C13H23N3O. The van der Waals surface area contributed by atoms with E-state index in [1.54, 1.807) is 7.11 Å². The number of ether oxygens (including phenoxy) is 1. The molecule has 0 saturated carbocycles. The first-order valence-electron chi connectivity index (χ1n) is 6.22. The Labute approximate surface area is 104 Å². The second-order valence-electron chi connectivity index (χ2n) is 4.53. The molecule has 0 aliphatic carbocycles. The second kappa shape index (κ2) is 7.22. The highest BCUT2D eigenvalue weighted by molar-refractivity contribution is 5.36. The molecule has 1 aromatic heterocycles. The number of nitrogens with zero attached hydrogens (tertiary/aromatic N) is 2. The van der Waals surface area contributed by atoms with Crippen molar-refractivity contribution >= 4 is 5.82 Å². The van der Waals surface area contributed by atoms with E-state index in [2.05, 4.69) is 29.1 Å². The van der Waals surface area contributed by atoms with Crippen molar-refractivity contribution in [3.05, 3.63) is 17.6 Å². The number of nitrogens with one attached hydrogen (secondary N) is 1. The third-order valence-corrected chi connectivity index (χ3v) is 2.47. The van der Waals surface area contributed by atoms with Gasteiger partial charge >= 0.3 is 0 Å². The van der Waals surface area contributed by atoms with Crippen LogP contribution in [0.3, 0.4) is 0 Å². The maximum Gasteiger partial charge on any atom is 0.133 e. The molecule has 0 radical (unpaired) electrons. The molecule has 0 aliphatic heterocycles. The monoisotopic (exact) mass is 237 g/mol. The zero-order valence-corrected chi connectivity index (χ0v) is 11.3. The average Bonchev–Trinajstić information content (AvgIpc) is 2.28. The van der Waals surface area contributed by atoms with E-state index in [9.17, 15) is 0 Å². The van der Waals surface area contributed by atoms with Crippen molar-refractivity contribution < 1.29 is 4.74 Å². The van der Waals surface area contributed by atoms with Gasteiger partial charge in [0, 0.05) is 37.9 Å². The van der Waals surface area contributed by atoms with Crippen molar-refractivity contribution in [2.24, 2.45) is 0 Å². The van der Waals surface area contributed by atoms with Gasteiger partial charge in [0.15, 0.2) is 0 Å². The molecular weight excluding hydrogens is 214 g/mol. The van der Waals surface area contributed by atoms with Gasteiger partial charge in [-0.3, -0.25) is 0 Å². The SMILES string of the molecule is COCCCCNc1cc(C)nc(C(C)C)n1. The van der Waals surface area contributed by atoms with Crippen molar-refractivity contribution in [1.29, 1.82) is 0 Å². The molecule has 1 rings (SSSR count). The number of aromatic nitrogens is 2. The number of unbranched alkanes of at least 4 members (excludes halogenated alkanes) is 1. The minimum atomic E-state index is 0.365. The van der Waals surface area contributed by atoms with Gasteiger partial charge < -0.3 is 10.1 Å². The number of hydrogen-bond donors (Lipinski definition) is 1. The van der Waals surface area contributed by atoms with Gasteiger partial charge in [-0.25, -0.2) is 9.97 Å². The molecule has 4 heteroatoms. The lowest BCUT2D eigenvalue weighted by molar-refractivity contribution is 0.194. The van der Waals surface area contributed by atoms with Crippen LogP contribution < -0.4 is 5.32 Å². The van der Waals surface area contributed by atoms with E-state index in [0.29, 0.717) is 5.92 Å². The van der Waals surface area contributed by atoms with Gasteiger partial charge in [0.1, 0.15) is 11.6 Å². The molecule has 0 fully saturated rings. The molecule has 1 heterocycles. The number of rotatable bonds is 7. The van der Waals surface area contributed by atoms with Crippen LogP contribution in [0.5, 0.6) is 0 Å². The fraction of sp³-hybridized carbons (Fsp3) is 0.692. The van der Waals surface area contributed by atoms with Crippen LogP contribution in [-0.4, -0.2) is 30.2 Å². The summed E-state index contributed by atoms with van der Waals surface area (Å²) in [5, 5.41) is 3.33. The quantitative estimate of drug-likeness (QED) is 0.741. The van der Waals surface area contributed by atoms with Gasteiger partial charge in [-0.15, -0.1) is 0 Å². The van der Waals surface area contributed by atoms with Crippen molar-refractivity contribution in [2.45, 2.75) is 39.5 Å². The maximum absolute atomic E-state index is 5.01. The Balaban J connectivity index is 2.47. The smallest absolute Gasteiger partial charge is 0.133 e. The summed E-state index contributed by atoms with van der Waals surface area (Å²) in [5.74, 6) is 2.20. The molecule has 4 nitrogen and oxygen atoms in total. The first kappa shape index (κ1) is 13.9. The highest BCUT2D eigenvalue weighted by Gasteiger charge is 2.05. The molecule has 0 atom stereocenters. The van der Waals surface area contributed by atoms with Crippen LogP contribution in [-0.2, 0) is 4.74 Å². The summed E-state index contributed by atoms with van der Waals surface area (Å²) in [7, 11) is 1.73. The Morgan fingerprint density at radius 3 is 2.71 bits per heavy atom. The number of aryl methyl sites for hydroxylation is 1. The lowest BCUT2D eigenvalue weighted by atomic mass is 10.2. The van der Waals surface area contributed by atoms with Gasteiger partial charge in [-0.1, -0.05) is 13.8 Å². The fourth-order valence-corrected chi connectivity index (χ4v) is 1.53. The van der Waals surface area contributed by atoms with Crippen LogP contribution >= 0.6 is 0 Å². The zero-order valence-electron chi connectivity index (χ0n) is 11.3. The fourth-order valence-electron chi connectivity index (χ4n) is 1.53. The van der Waals surface area contributed by atoms with Gasteiger partial charge in [0.25, 0.3) is 0 Å². The van der Waals surface area contributed by atoms with E-state index in [0.717, 1.165) is 43.3 Å². The normalized spacial score (nSPS) is 10.9. The third-order valence-electron chi connectivity index (χ3n) is 2.47. The van der Waals surface area contributed by atoms with Crippen LogP contribution in [0.1, 0.15) is 44.1 Å². The topological polar surface area (TPSA) is 47.0 Å². The van der Waals surface area contributed by atoms with Gasteiger partial charge in [0.2, 0.25) is 0 Å². The van der Waals surface area contributed by atoms with E-state index in [-0.39, 0.29) is 0 Å². The molecule has 1 aromatic rings. The molecule has 0 unspecified atom stereocenters. The van der Waals surface area contributed by atoms with Crippen molar-refractivity contribution in [1.82, 2.24) is 9.97 Å². The highest BCUT2D eigenvalue weighted by atomic mass is 16.5. The van der Waals surface area contributed by atoms with Crippen LogP contribution in [0.2, 0.25) is 0 Å². The summed E-state index contributed by atoms with van der Waals surface area (Å²) in [5.41, 5.74) is 1.02. The maximum atomic E-state index is 5.01. The minimum absolute atomic E-state index is 0.365. The largest absolute Gasteiger partial charge is 0.385 e. The number of anilines is 1. The van der Waals surface area contributed by atoms with Crippen LogP contribution in [0.15, 0.2) is 6.07 Å². The van der Waals surface area contributed by atoms with E-state index in [4.69, 9.17) is 4.74 Å². The Morgan fingerprint density at radius 1 is 1.29 bits per heavy atom. The number of methoxy groups -OCH3 is 1. The summed E-state index contributed by atoms with van der Waals surface area (Å²) < 4.78 is 5.01. The summed E-state index contributed by atoms with van der Waals surface area (Å²) in [6.07, 6.45) is 2.17. The molecule has 1 N–H and O–H groups in total. The summed E-state index contributed by atoms with van der Waals surface area (Å²) >= 11 is 0. The van der Waals surface area contributed by atoms with Crippen molar-refractivity contribution in [3.8, 4) is 0 Å². The van der Waals surface area contributed by atoms with Crippen LogP contribution in [0, 0.1) is 6.92 Å². The van der Waals surface area contributed by atoms with E-state index >= 15 is 0 Å². The Hall–Kier alpha value is -1.16. The van der Waals surface area contributed by atoms with Gasteiger partial charge in [-0.2, -0.15) is 0 Å². The Morgan fingerprint density at radius 2 is 2.06 bits per heavy atom. The van der Waals surface area contributed by atoms with E-state index < -0.39 is 0 Å². The Kier molecular flexibility index (Phi) is 5.91. The van der Waals surface area contributed by atoms with Gasteiger partial charge in [0.05, 0.1) is 0 Å². The zero-order chi connectivity index (χ0) is 12.7. The second-order valence-corrected chi connectivity index (χ2v) is 4.53. The Bertz CT molecular complexity index is 339. The molecule has 0 amide bonds. The first-order valence-corrected chi connectivity index (χ1v) is 6.22. The average molecular weight is 237 g/mol. The van der Waals surface area contributed by atoms with Crippen molar-refractivity contribution in [3.63, 3.8) is 0 Å². The lowest BCUT2D eigenvalue weighted by Crippen LogP contribution is -2.08. The standard InChI is InChI=1S/C13H23N3O/c1-10(2)13-15-11(3)9-12(16-13)14-7-5-6-8-17-4/h9-10H,5-8H2,1-4H3,(H,14,15,16). The molecule has 96 valence electrons.